The summed E-state index contributed by atoms with van der Waals surface area (Å²) in [6.07, 6.45) is 6.33. The van der Waals surface area contributed by atoms with Gasteiger partial charge < -0.3 is 9.22 Å². The summed E-state index contributed by atoms with van der Waals surface area (Å²) in [6, 6.07) is 0. The van der Waals surface area contributed by atoms with Crippen LogP contribution in [0.5, 0.6) is 0 Å². The molecule has 0 saturated carbocycles. The lowest BCUT2D eigenvalue weighted by molar-refractivity contribution is -0.909. The zero-order valence-electron chi connectivity index (χ0n) is 8.09. The molecule has 0 aromatic rings. The van der Waals surface area contributed by atoms with Crippen LogP contribution in [0.15, 0.2) is 0 Å². The summed E-state index contributed by atoms with van der Waals surface area (Å²) in [7, 11) is 2.40. The molecule has 1 atom stereocenters. The van der Waals surface area contributed by atoms with E-state index in [9.17, 15) is 0 Å². The van der Waals surface area contributed by atoms with Crippen LogP contribution in [0, 0.1) is 0 Å². The molecule has 0 radical (unpaired) electrons. The van der Waals surface area contributed by atoms with E-state index in [0.29, 0.717) is 6.10 Å². The molecule has 0 aromatic heterocycles. The van der Waals surface area contributed by atoms with Crippen LogP contribution in [0.4, 0.5) is 0 Å². The third kappa shape index (κ3) is 2.20. The van der Waals surface area contributed by atoms with Gasteiger partial charge >= 0.3 is 0 Å². The first-order chi connectivity index (χ1) is 5.79. The van der Waals surface area contributed by atoms with Crippen LogP contribution in [0.2, 0.25) is 0 Å². The van der Waals surface area contributed by atoms with E-state index in [1.165, 1.54) is 49.8 Å². The first kappa shape index (κ1) is 8.52. The van der Waals surface area contributed by atoms with Crippen molar-refractivity contribution in [1.29, 1.82) is 0 Å². The van der Waals surface area contributed by atoms with Crippen LogP contribution in [0.3, 0.4) is 0 Å². The van der Waals surface area contributed by atoms with E-state index in [2.05, 4.69) is 7.05 Å². The van der Waals surface area contributed by atoms with Gasteiger partial charge in [-0.3, -0.25) is 0 Å². The molecule has 2 heterocycles. The van der Waals surface area contributed by atoms with E-state index >= 15 is 0 Å². The third-order valence-corrected chi connectivity index (χ3v) is 3.19. The monoisotopic (exact) mass is 170 g/mol. The molecule has 0 amide bonds. The molecule has 2 saturated heterocycles. The number of rotatable bonds is 2. The molecule has 2 nitrogen and oxygen atoms in total. The minimum absolute atomic E-state index is 0.605. The van der Waals surface area contributed by atoms with Gasteiger partial charge in [0.15, 0.2) is 0 Å². The Morgan fingerprint density at radius 1 is 1.17 bits per heavy atom. The highest BCUT2D eigenvalue weighted by Crippen LogP contribution is 2.20. The largest absolute Gasteiger partial charge is 0.367 e. The highest BCUT2D eigenvalue weighted by molar-refractivity contribution is 4.68. The van der Waals surface area contributed by atoms with Crippen LogP contribution in [0.1, 0.15) is 25.7 Å². The molecule has 12 heavy (non-hydrogen) atoms. The van der Waals surface area contributed by atoms with E-state index in [-0.39, 0.29) is 0 Å². The fraction of sp³-hybridized carbons (Fsp3) is 1.00. The molecule has 70 valence electrons. The SMILES string of the molecule is C[N+]1(CC2CO2)CCCCCC1. The Kier molecular flexibility index (Phi) is 2.37. The van der Waals surface area contributed by atoms with Gasteiger partial charge in [-0.25, -0.2) is 0 Å². The average molecular weight is 170 g/mol. The van der Waals surface area contributed by atoms with E-state index in [0.717, 1.165) is 6.61 Å². The van der Waals surface area contributed by atoms with Crippen molar-refractivity contribution >= 4 is 0 Å². The van der Waals surface area contributed by atoms with Gasteiger partial charge in [0.25, 0.3) is 0 Å². The molecular formula is C10H20NO+. The summed E-state index contributed by atoms with van der Waals surface area (Å²) in [4.78, 5) is 0. The summed E-state index contributed by atoms with van der Waals surface area (Å²) in [6.45, 7) is 5.04. The lowest BCUT2D eigenvalue weighted by atomic mass is 10.2. The molecule has 2 rings (SSSR count). The van der Waals surface area contributed by atoms with Gasteiger partial charge in [0.1, 0.15) is 12.6 Å². The predicted molar refractivity (Wildman–Crippen MR) is 49.0 cm³/mol. The highest BCUT2D eigenvalue weighted by atomic mass is 16.6. The second-order valence-electron chi connectivity index (χ2n) is 4.62. The summed E-state index contributed by atoms with van der Waals surface area (Å²) in [5.41, 5.74) is 0. The number of likely N-dealkylation sites (tertiary alicyclic amines) is 1. The molecule has 2 aliphatic heterocycles. The van der Waals surface area contributed by atoms with E-state index in [1.54, 1.807) is 0 Å². The van der Waals surface area contributed by atoms with Gasteiger partial charge in [0, 0.05) is 0 Å². The number of hydrogen-bond donors (Lipinski definition) is 0. The fourth-order valence-electron chi connectivity index (χ4n) is 2.30. The van der Waals surface area contributed by atoms with Crippen molar-refractivity contribution in [2.24, 2.45) is 0 Å². The van der Waals surface area contributed by atoms with Gasteiger partial charge in [-0.2, -0.15) is 0 Å². The minimum Gasteiger partial charge on any atom is -0.367 e. The summed E-state index contributed by atoms with van der Waals surface area (Å²) >= 11 is 0. The lowest BCUT2D eigenvalue weighted by Gasteiger charge is -2.32. The van der Waals surface area contributed by atoms with Crippen molar-refractivity contribution in [2.45, 2.75) is 31.8 Å². The normalized spacial score (nSPS) is 34.2. The van der Waals surface area contributed by atoms with Crippen LogP contribution in [-0.2, 0) is 4.74 Å². The Bertz CT molecular complexity index is 146. The van der Waals surface area contributed by atoms with Crippen molar-refractivity contribution in [3.63, 3.8) is 0 Å². The maximum Gasteiger partial charge on any atom is 0.130 e. The van der Waals surface area contributed by atoms with Crippen molar-refractivity contribution < 1.29 is 9.22 Å². The Morgan fingerprint density at radius 2 is 1.75 bits per heavy atom. The van der Waals surface area contributed by atoms with Crippen LogP contribution < -0.4 is 0 Å². The molecule has 0 bridgehead atoms. The van der Waals surface area contributed by atoms with Crippen LogP contribution in [-0.4, -0.2) is 43.9 Å². The summed E-state index contributed by atoms with van der Waals surface area (Å²) in [5.74, 6) is 0. The van der Waals surface area contributed by atoms with Gasteiger partial charge in [-0.15, -0.1) is 0 Å². The maximum absolute atomic E-state index is 5.30. The molecule has 0 aromatic carbocycles. The van der Waals surface area contributed by atoms with Crippen molar-refractivity contribution in [1.82, 2.24) is 0 Å². The number of likely N-dealkylation sites (N-methyl/N-ethyl adjacent to an activating group) is 1. The standard InChI is InChI=1S/C10H20NO/c1-11(8-10-9-12-10)6-4-2-3-5-7-11/h10H,2-9H2,1H3/q+1. The molecule has 0 spiro atoms. The van der Waals surface area contributed by atoms with Crippen molar-refractivity contribution in [3.8, 4) is 0 Å². The highest BCUT2D eigenvalue weighted by Gasteiger charge is 2.34. The molecule has 0 aliphatic carbocycles. The Morgan fingerprint density at radius 3 is 2.25 bits per heavy atom. The summed E-state index contributed by atoms with van der Waals surface area (Å²) < 4.78 is 6.57. The Hall–Kier alpha value is -0.0800. The van der Waals surface area contributed by atoms with E-state index in [1.807, 2.05) is 0 Å². The minimum atomic E-state index is 0.605. The first-order valence-electron chi connectivity index (χ1n) is 5.24. The van der Waals surface area contributed by atoms with Gasteiger partial charge in [0.05, 0.1) is 26.7 Å². The lowest BCUT2D eigenvalue weighted by Crippen LogP contribution is -2.47. The number of nitrogens with zero attached hydrogens (tertiary/aromatic N) is 1. The molecule has 2 heteroatoms. The number of epoxide rings is 1. The Labute approximate surface area is 75.1 Å². The fourth-order valence-corrected chi connectivity index (χ4v) is 2.30. The summed E-state index contributed by atoms with van der Waals surface area (Å²) in [5, 5.41) is 0. The quantitative estimate of drug-likeness (QED) is 0.451. The topological polar surface area (TPSA) is 12.5 Å². The van der Waals surface area contributed by atoms with Gasteiger partial charge in [0.2, 0.25) is 0 Å². The molecule has 2 aliphatic rings. The zero-order chi connectivity index (χ0) is 8.44. The third-order valence-electron chi connectivity index (χ3n) is 3.19. The van der Waals surface area contributed by atoms with Crippen molar-refractivity contribution in [2.75, 3.05) is 33.3 Å². The molecular weight excluding hydrogens is 150 g/mol. The smallest absolute Gasteiger partial charge is 0.130 e. The molecule has 2 fully saturated rings. The van der Waals surface area contributed by atoms with E-state index < -0.39 is 0 Å². The molecule has 0 N–H and O–H groups in total. The second-order valence-corrected chi connectivity index (χ2v) is 4.62. The number of ether oxygens (including phenoxy) is 1. The van der Waals surface area contributed by atoms with Crippen LogP contribution in [0.25, 0.3) is 0 Å². The number of hydrogen-bond acceptors (Lipinski definition) is 1. The average Bonchev–Trinajstić information content (AvgIpc) is 2.80. The predicted octanol–water partition coefficient (Wildman–Crippen LogP) is 1.41. The molecule has 1 unspecified atom stereocenters. The Balaban J connectivity index is 1.86. The second kappa shape index (κ2) is 3.35. The first-order valence-corrected chi connectivity index (χ1v) is 5.24. The van der Waals surface area contributed by atoms with E-state index in [4.69, 9.17) is 4.74 Å². The van der Waals surface area contributed by atoms with Crippen LogP contribution >= 0.6 is 0 Å². The van der Waals surface area contributed by atoms with Crippen molar-refractivity contribution in [3.05, 3.63) is 0 Å². The number of quaternary nitrogens is 1. The van der Waals surface area contributed by atoms with Gasteiger partial charge in [-0.1, -0.05) is 0 Å². The van der Waals surface area contributed by atoms with Gasteiger partial charge in [-0.05, 0) is 25.7 Å². The maximum atomic E-state index is 5.30. The zero-order valence-corrected chi connectivity index (χ0v) is 8.09.